The third kappa shape index (κ3) is 3.03. The molecule has 0 atom stereocenters. The lowest BCUT2D eigenvalue weighted by Gasteiger charge is -2.19. The molecule has 0 bridgehead atoms. The molecule has 2 aromatic rings. The van der Waals surface area contributed by atoms with Crippen LogP contribution in [0.15, 0.2) is 30.5 Å². The molecule has 1 aromatic carbocycles. The summed E-state index contributed by atoms with van der Waals surface area (Å²) in [5.41, 5.74) is 1.67. The second-order valence-electron chi connectivity index (χ2n) is 7.10. The van der Waals surface area contributed by atoms with Gasteiger partial charge in [-0.15, -0.1) is 0 Å². The molecular formula is C17H21N3O2. The topological polar surface area (TPSA) is 61.0 Å². The van der Waals surface area contributed by atoms with E-state index in [0.29, 0.717) is 0 Å². The highest BCUT2D eigenvalue weighted by atomic mass is 16.6. The maximum absolute atomic E-state index is 10.9. The number of nitro benzene ring substituents is 1. The van der Waals surface area contributed by atoms with Gasteiger partial charge in [0.2, 0.25) is 0 Å². The average Bonchev–Trinajstić information content (AvgIpc) is 3.14. The highest BCUT2D eigenvalue weighted by molar-refractivity contribution is 5.62. The van der Waals surface area contributed by atoms with E-state index in [1.54, 1.807) is 12.1 Å². The molecule has 0 spiro atoms. The summed E-state index contributed by atoms with van der Waals surface area (Å²) < 4.78 is 2.23. The normalized spacial score (nSPS) is 15.0. The standard InChI is InChI=1S/C17H21N3O2/c1-17(2,3)16-18-15(11-19(16)10-12-7-8-12)13-5-4-6-14(9-13)20(21)22/h4-6,9,11-12H,7-8,10H2,1-3H3. The third-order valence-corrected chi connectivity index (χ3v) is 3.95. The third-order valence-electron chi connectivity index (χ3n) is 3.95. The van der Waals surface area contributed by atoms with E-state index in [-0.39, 0.29) is 16.0 Å². The zero-order valence-corrected chi connectivity index (χ0v) is 13.2. The quantitative estimate of drug-likeness (QED) is 0.629. The molecule has 1 heterocycles. The van der Waals surface area contributed by atoms with Crippen LogP contribution < -0.4 is 0 Å². The molecule has 0 aliphatic heterocycles. The van der Waals surface area contributed by atoms with E-state index >= 15 is 0 Å². The molecule has 1 fully saturated rings. The van der Waals surface area contributed by atoms with Crippen molar-refractivity contribution in [1.29, 1.82) is 0 Å². The van der Waals surface area contributed by atoms with E-state index in [1.807, 2.05) is 12.3 Å². The van der Waals surface area contributed by atoms with Crippen LogP contribution in [0.3, 0.4) is 0 Å². The first kappa shape index (κ1) is 14.8. The van der Waals surface area contributed by atoms with Crippen LogP contribution >= 0.6 is 0 Å². The van der Waals surface area contributed by atoms with Crippen molar-refractivity contribution >= 4 is 5.69 Å². The second kappa shape index (κ2) is 5.23. The van der Waals surface area contributed by atoms with Crippen LogP contribution in [-0.4, -0.2) is 14.5 Å². The molecular weight excluding hydrogens is 278 g/mol. The summed E-state index contributed by atoms with van der Waals surface area (Å²) >= 11 is 0. The van der Waals surface area contributed by atoms with E-state index < -0.39 is 0 Å². The van der Waals surface area contributed by atoms with Crippen molar-refractivity contribution in [2.75, 3.05) is 0 Å². The number of benzene rings is 1. The van der Waals surface area contributed by atoms with Crippen molar-refractivity contribution in [2.24, 2.45) is 5.92 Å². The van der Waals surface area contributed by atoms with Gasteiger partial charge in [-0.25, -0.2) is 4.98 Å². The largest absolute Gasteiger partial charge is 0.334 e. The molecule has 1 aliphatic rings. The predicted molar refractivity (Wildman–Crippen MR) is 85.7 cm³/mol. The number of hydrogen-bond acceptors (Lipinski definition) is 3. The number of nitro groups is 1. The fourth-order valence-corrected chi connectivity index (χ4v) is 2.65. The SMILES string of the molecule is CC(C)(C)c1nc(-c2cccc([N+](=O)[O-])c2)cn1CC1CC1. The van der Waals surface area contributed by atoms with Gasteiger partial charge in [-0.05, 0) is 18.8 Å². The van der Waals surface area contributed by atoms with E-state index in [2.05, 4.69) is 25.3 Å². The Hall–Kier alpha value is -2.17. The van der Waals surface area contributed by atoms with Gasteiger partial charge in [0.05, 0.1) is 10.6 Å². The van der Waals surface area contributed by atoms with E-state index in [0.717, 1.165) is 29.5 Å². The number of aromatic nitrogens is 2. The summed E-state index contributed by atoms with van der Waals surface area (Å²) in [4.78, 5) is 15.4. The molecule has 1 saturated carbocycles. The highest BCUT2D eigenvalue weighted by Gasteiger charge is 2.27. The molecule has 0 N–H and O–H groups in total. The Bertz CT molecular complexity index is 709. The Morgan fingerprint density at radius 2 is 2.09 bits per heavy atom. The zero-order valence-electron chi connectivity index (χ0n) is 13.2. The number of rotatable bonds is 4. The minimum absolute atomic E-state index is 0.0478. The fourth-order valence-electron chi connectivity index (χ4n) is 2.65. The van der Waals surface area contributed by atoms with Crippen LogP contribution in [0, 0.1) is 16.0 Å². The smallest absolute Gasteiger partial charge is 0.270 e. The van der Waals surface area contributed by atoms with Crippen molar-refractivity contribution in [3.8, 4) is 11.3 Å². The van der Waals surface area contributed by atoms with Crippen molar-refractivity contribution < 1.29 is 4.92 Å². The van der Waals surface area contributed by atoms with E-state index in [9.17, 15) is 10.1 Å². The maximum atomic E-state index is 10.9. The summed E-state index contributed by atoms with van der Waals surface area (Å²) in [7, 11) is 0. The maximum Gasteiger partial charge on any atom is 0.270 e. The summed E-state index contributed by atoms with van der Waals surface area (Å²) in [6.07, 6.45) is 4.61. The lowest BCUT2D eigenvalue weighted by Crippen LogP contribution is -2.19. The summed E-state index contributed by atoms with van der Waals surface area (Å²) in [6.45, 7) is 7.44. The van der Waals surface area contributed by atoms with Gasteiger partial charge in [-0.3, -0.25) is 10.1 Å². The van der Waals surface area contributed by atoms with Crippen LogP contribution in [-0.2, 0) is 12.0 Å². The van der Waals surface area contributed by atoms with E-state index in [4.69, 9.17) is 4.98 Å². The first-order chi connectivity index (χ1) is 10.3. The minimum Gasteiger partial charge on any atom is -0.334 e. The molecule has 5 heteroatoms. The van der Waals surface area contributed by atoms with Crippen LogP contribution in [0.4, 0.5) is 5.69 Å². The molecule has 0 amide bonds. The molecule has 0 unspecified atom stereocenters. The lowest BCUT2D eigenvalue weighted by molar-refractivity contribution is -0.384. The van der Waals surface area contributed by atoms with Crippen LogP contribution in [0.25, 0.3) is 11.3 Å². The lowest BCUT2D eigenvalue weighted by atomic mass is 9.95. The van der Waals surface area contributed by atoms with Gasteiger partial charge in [0.15, 0.2) is 0 Å². The van der Waals surface area contributed by atoms with Gasteiger partial charge < -0.3 is 4.57 Å². The van der Waals surface area contributed by atoms with Gasteiger partial charge in [-0.1, -0.05) is 32.9 Å². The molecule has 1 aromatic heterocycles. The Morgan fingerprint density at radius 3 is 2.68 bits per heavy atom. The summed E-state index contributed by atoms with van der Waals surface area (Å²) in [6, 6.07) is 6.69. The van der Waals surface area contributed by atoms with Crippen molar-refractivity contribution in [3.63, 3.8) is 0 Å². The van der Waals surface area contributed by atoms with Crippen LogP contribution in [0.5, 0.6) is 0 Å². The van der Waals surface area contributed by atoms with Gasteiger partial charge in [0, 0.05) is 35.9 Å². The first-order valence-corrected chi connectivity index (χ1v) is 7.67. The Labute approximate surface area is 130 Å². The molecule has 116 valence electrons. The van der Waals surface area contributed by atoms with Gasteiger partial charge in [0.25, 0.3) is 5.69 Å². The fraction of sp³-hybridized carbons (Fsp3) is 0.471. The highest BCUT2D eigenvalue weighted by Crippen LogP contribution is 2.34. The molecule has 0 radical (unpaired) electrons. The van der Waals surface area contributed by atoms with Gasteiger partial charge in [0.1, 0.15) is 5.82 Å². The second-order valence-corrected chi connectivity index (χ2v) is 7.10. The summed E-state index contributed by atoms with van der Waals surface area (Å²) in [5, 5.41) is 10.9. The first-order valence-electron chi connectivity index (χ1n) is 7.67. The Morgan fingerprint density at radius 1 is 1.36 bits per heavy atom. The average molecular weight is 299 g/mol. The van der Waals surface area contributed by atoms with Crippen LogP contribution in [0.1, 0.15) is 39.4 Å². The molecule has 1 aliphatic carbocycles. The van der Waals surface area contributed by atoms with Gasteiger partial charge in [-0.2, -0.15) is 0 Å². The van der Waals surface area contributed by atoms with E-state index in [1.165, 1.54) is 18.9 Å². The Balaban J connectivity index is 2.01. The summed E-state index contributed by atoms with van der Waals surface area (Å²) in [5.74, 6) is 1.80. The zero-order chi connectivity index (χ0) is 15.9. The molecule has 22 heavy (non-hydrogen) atoms. The number of imidazole rings is 1. The Kier molecular flexibility index (Phi) is 3.51. The predicted octanol–water partition coefficient (Wildman–Crippen LogP) is 4.17. The minimum atomic E-state index is -0.366. The number of nitrogens with zero attached hydrogens (tertiary/aromatic N) is 3. The number of non-ortho nitro benzene ring substituents is 1. The number of hydrogen-bond donors (Lipinski definition) is 0. The van der Waals surface area contributed by atoms with Crippen LogP contribution in [0.2, 0.25) is 0 Å². The van der Waals surface area contributed by atoms with Crippen molar-refractivity contribution in [3.05, 3.63) is 46.4 Å². The molecule has 0 saturated heterocycles. The monoisotopic (exact) mass is 299 g/mol. The van der Waals surface area contributed by atoms with Gasteiger partial charge >= 0.3 is 0 Å². The molecule has 5 nitrogen and oxygen atoms in total. The van der Waals surface area contributed by atoms with Crippen molar-refractivity contribution in [2.45, 2.75) is 45.6 Å². The molecule has 3 rings (SSSR count). The van der Waals surface area contributed by atoms with Crippen molar-refractivity contribution in [1.82, 2.24) is 9.55 Å².